The van der Waals surface area contributed by atoms with Crippen LogP contribution in [-0.4, -0.2) is 79.2 Å². The van der Waals surface area contributed by atoms with E-state index in [2.05, 4.69) is 48.9 Å². The number of methoxy groups -OCH3 is 2. The van der Waals surface area contributed by atoms with Crippen LogP contribution < -0.4 is 36.6 Å². The van der Waals surface area contributed by atoms with E-state index in [4.69, 9.17) is 57.1 Å². The number of aryl methyl sites for hydroxylation is 2. The Labute approximate surface area is 402 Å². The van der Waals surface area contributed by atoms with Crippen LogP contribution in [0.2, 0.25) is 18.1 Å². The second-order valence-corrected chi connectivity index (χ2v) is 28.8. The number of benzene rings is 3. The molecule has 0 radical (unpaired) electrons. The molecule has 2 aliphatic heterocycles. The maximum atomic E-state index is 13.3. The average molecular weight is 993 g/mol. The standard InChI is InChI=1S/C47H60N5O11PS2Si/c1-29-26-51(44(55)49-42(29)53)40-23-36(62-64(65,66)48-25-38-37(63-67(8,9)46(3,4)5)24-41(60-38)52-27-30(2)43(54)50-45(52)56)39(61-40)28-59-47(31-13-11-10-12-14-31,32-15-19-34(57-6)20-16-32)33-17-21-35(58-7)22-18-33/h10-22,26-27,36-41H,23-25,28H2,1-9H3,(H2,48,65,66)(H,49,53,55)(H,50,54,56)/p-1/t36-,37-,38+,39+,40+,41+/m0/s1. The van der Waals surface area contributed by atoms with Gasteiger partial charge in [-0.1, -0.05) is 75.4 Å². The summed E-state index contributed by atoms with van der Waals surface area (Å²) in [7, 11) is 0.848. The molecule has 67 heavy (non-hydrogen) atoms. The van der Waals surface area contributed by atoms with Crippen molar-refractivity contribution in [3.8, 4) is 17.4 Å². The van der Waals surface area contributed by atoms with Gasteiger partial charge in [-0.3, -0.25) is 18.9 Å². The van der Waals surface area contributed by atoms with Crippen LogP contribution in [0.15, 0.2) is 106 Å². The van der Waals surface area contributed by atoms with E-state index in [9.17, 15) is 19.5 Å². The fraction of sp³-hybridized carbons (Fsp3) is 0.447. The van der Waals surface area contributed by atoms with Gasteiger partial charge in [0.05, 0.1) is 33.5 Å². The third kappa shape index (κ3) is 11.1. The number of ether oxygens (including phenoxy) is 5. The topological polar surface area (TPSA) is 189 Å². The highest BCUT2D eigenvalue weighted by Gasteiger charge is 2.48. The Morgan fingerprint density at radius 2 is 1.37 bits per heavy atom. The normalized spacial score (nSPS) is 22.1. The Hall–Kier alpha value is -4.27. The number of nitrogens with zero attached hydrogens (tertiary/aromatic N) is 3. The number of H-pyrrole nitrogens is 1. The number of hydrogen-bond donors (Lipinski definition) is 3. The van der Waals surface area contributed by atoms with Gasteiger partial charge in [0.2, 0.25) is 0 Å². The van der Waals surface area contributed by atoms with E-state index in [0.717, 1.165) is 16.7 Å². The van der Waals surface area contributed by atoms with Gasteiger partial charge in [-0.05, 0) is 84.4 Å². The molecule has 0 amide bonds. The zero-order chi connectivity index (χ0) is 48.5. The molecule has 7 rings (SSSR count). The first-order chi connectivity index (χ1) is 31.6. The van der Waals surface area contributed by atoms with Crippen LogP contribution in [0.3, 0.4) is 0 Å². The molecule has 1 unspecified atom stereocenters. The molecule has 0 aliphatic carbocycles. The van der Waals surface area contributed by atoms with Crippen LogP contribution in [0.25, 0.3) is 0 Å². The third-order valence-electron chi connectivity index (χ3n) is 12.9. The number of nitrogens with one attached hydrogen (secondary N) is 2. The molecule has 2 N–H and O–H groups in total. The van der Waals surface area contributed by atoms with Crippen LogP contribution in [0.5, 0.6) is 17.4 Å². The van der Waals surface area contributed by atoms with Gasteiger partial charge in [-0.25, -0.2) is 19.1 Å². The zero-order valence-electron chi connectivity index (χ0n) is 39.1. The average Bonchev–Trinajstić information content (AvgIpc) is 3.88. The summed E-state index contributed by atoms with van der Waals surface area (Å²) in [6, 6.07) is 21.8. The minimum atomic E-state index is -3.24. The van der Waals surface area contributed by atoms with Gasteiger partial charge in [0.1, 0.15) is 47.9 Å². The van der Waals surface area contributed by atoms with Gasteiger partial charge < -0.3 is 45.5 Å². The number of thiol groups is 1. The maximum Gasteiger partial charge on any atom is 0.349 e. The predicted molar refractivity (Wildman–Crippen MR) is 262 cm³/mol. The smallest absolute Gasteiger partial charge is 0.349 e. The van der Waals surface area contributed by atoms with Crippen molar-refractivity contribution in [3.05, 3.63) is 150 Å². The lowest BCUT2D eigenvalue weighted by molar-refractivity contribution is -0.276. The van der Waals surface area contributed by atoms with Gasteiger partial charge in [0.25, 0.3) is 5.56 Å². The Balaban J connectivity index is 1.21. The van der Waals surface area contributed by atoms with E-state index >= 15 is 0 Å². The molecule has 16 nitrogen and oxygen atoms in total. The van der Waals surface area contributed by atoms with Crippen molar-refractivity contribution >= 4 is 38.9 Å². The summed E-state index contributed by atoms with van der Waals surface area (Å²) in [4.78, 5) is 44.6. The fourth-order valence-electron chi connectivity index (χ4n) is 8.13. The fourth-order valence-corrected chi connectivity index (χ4v) is 11.7. The molecular weight excluding hydrogens is 934 g/mol. The molecule has 2 fully saturated rings. The molecule has 3 aromatic carbocycles. The second kappa shape index (κ2) is 20.4. The summed E-state index contributed by atoms with van der Waals surface area (Å²) in [5.74, 6) is 0.706. The van der Waals surface area contributed by atoms with E-state index in [-0.39, 0.29) is 30.2 Å². The highest BCUT2D eigenvalue weighted by Crippen LogP contribution is 2.61. The molecule has 2 saturated heterocycles. The first-order valence-electron chi connectivity index (χ1n) is 22.0. The quantitative estimate of drug-likeness (QED) is 0.0297. The lowest BCUT2D eigenvalue weighted by Gasteiger charge is -2.39. The molecule has 0 spiro atoms. The summed E-state index contributed by atoms with van der Waals surface area (Å²) in [5, 5.41) is 15.6. The lowest BCUT2D eigenvalue weighted by atomic mass is 9.80. The lowest BCUT2D eigenvalue weighted by Crippen LogP contribution is -2.47. The SMILES string of the molecule is COc1ccc(C(OC[C@H]2O[C@@H](n3cc(C)c([O-])nc3=O)C[C@@H]2O[P+]([S-])(S)NC[C@H]2O[C@@H](n3cc(C)c(=O)[nH]c3=O)C[C@@H]2O[Si](C)(C)C(C)(C)C)(c2ccccc2)c2ccc(OC)cc2)cc1. The minimum absolute atomic E-state index is 0.0682. The third-order valence-corrected chi connectivity index (χ3v) is 19.9. The monoisotopic (exact) mass is 992 g/mol. The summed E-state index contributed by atoms with van der Waals surface area (Å²) >= 11 is 11.1. The van der Waals surface area contributed by atoms with Crippen LogP contribution >= 0.6 is 18.3 Å². The van der Waals surface area contributed by atoms with Crippen molar-refractivity contribution in [3.63, 3.8) is 0 Å². The predicted octanol–water partition coefficient (Wildman–Crippen LogP) is 6.60. The Morgan fingerprint density at radius 3 is 1.96 bits per heavy atom. The van der Waals surface area contributed by atoms with Crippen molar-refractivity contribution in [1.29, 1.82) is 0 Å². The molecule has 5 aromatic rings. The first kappa shape index (κ1) is 50.6. The first-order valence-corrected chi connectivity index (χ1v) is 28.8. The Morgan fingerprint density at radius 1 is 0.836 bits per heavy atom. The summed E-state index contributed by atoms with van der Waals surface area (Å²) < 4.78 is 47.9. The minimum Gasteiger partial charge on any atom is -0.858 e. The van der Waals surface area contributed by atoms with Crippen molar-refractivity contribution in [1.82, 2.24) is 24.2 Å². The number of aromatic amines is 1. The van der Waals surface area contributed by atoms with Gasteiger partial charge in [0.15, 0.2) is 14.4 Å². The molecule has 0 bridgehead atoms. The van der Waals surface area contributed by atoms with Gasteiger partial charge in [-0.2, -0.15) is 5.09 Å². The highest BCUT2D eigenvalue weighted by atomic mass is 33.1. The molecule has 0 saturated carbocycles. The summed E-state index contributed by atoms with van der Waals surface area (Å²) in [5.41, 5.74) is 0.0166. The zero-order valence-corrected chi connectivity index (χ0v) is 42.7. The van der Waals surface area contributed by atoms with Crippen LogP contribution in [-0.2, 0) is 41.0 Å². The largest absolute Gasteiger partial charge is 0.858 e. The van der Waals surface area contributed by atoms with Gasteiger partial charge in [-0.15, -0.1) is 0 Å². The Bertz CT molecular complexity index is 2630. The van der Waals surface area contributed by atoms with E-state index in [1.54, 1.807) is 28.1 Å². The van der Waals surface area contributed by atoms with E-state index in [1.165, 1.54) is 21.5 Å². The molecule has 4 heterocycles. The van der Waals surface area contributed by atoms with Crippen LogP contribution in [0.1, 0.15) is 73.9 Å². The molecule has 2 aliphatic rings. The molecule has 360 valence electrons. The van der Waals surface area contributed by atoms with Crippen LogP contribution in [0.4, 0.5) is 0 Å². The summed E-state index contributed by atoms with van der Waals surface area (Å²) in [6.07, 6.45) is -0.905. The number of aromatic nitrogens is 4. The van der Waals surface area contributed by atoms with Gasteiger partial charge in [0, 0.05) is 43.0 Å². The van der Waals surface area contributed by atoms with Crippen molar-refractivity contribution in [2.45, 2.75) is 108 Å². The number of hydrogen-bond acceptors (Lipinski definition) is 15. The van der Waals surface area contributed by atoms with E-state index < -0.39 is 79.7 Å². The number of rotatable bonds is 17. The van der Waals surface area contributed by atoms with Crippen molar-refractivity contribution in [2.75, 3.05) is 27.4 Å². The van der Waals surface area contributed by atoms with E-state index in [0.29, 0.717) is 23.5 Å². The van der Waals surface area contributed by atoms with Crippen molar-refractivity contribution < 1.29 is 37.7 Å². The molecule has 20 heteroatoms. The van der Waals surface area contributed by atoms with Crippen LogP contribution in [0, 0.1) is 13.8 Å². The Kier molecular flexibility index (Phi) is 15.4. The molecule has 7 atom stereocenters. The van der Waals surface area contributed by atoms with E-state index in [1.807, 2.05) is 78.9 Å². The van der Waals surface area contributed by atoms with Crippen molar-refractivity contribution in [2.24, 2.45) is 0 Å². The second-order valence-electron chi connectivity index (χ2n) is 18.4. The summed E-state index contributed by atoms with van der Waals surface area (Å²) in [6.45, 7) is 14.0. The molecule has 2 aromatic heterocycles. The highest BCUT2D eigenvalue weighted by molar-refractivity contribution is 8.77. The van der Waals surface area contributed by atoms with Gasteiger partial charge >= 0.3 is 11.4 Å². The molecular formula is C47H59N5O11PS2Si-. The maximum absolute atomic E-state index is 13.3.